The van der Waals surface area contributed by atoms with Gasteiger partial charge in [0.1, 0.15) is 5.75 Å². The van der Waals surface area contributed by atoms with Gasteiger partial charge in [-0.15, -0.1) is 0 Å². The number of aromatic hydroxyl groups is 1. The summed E-state index contributed by atoms with van der Waals surface area (Å²) in [6.07, 6.45) is 1.67. The number of phenolic OH excluding ortho intramolecular Hbond substituents is 1. The maximum absolute atomic E-state index is 9.75. The van der Waals surface area contributed by atoms with Crippen molar-refractivity contribution in [2.24, 2.45) is 0 Å². The molecule has 0 saturated carbocycles. The Hall–Kier alpha value is -2.23. The normalized spacial score (nSPS) is 10.1. The molecule has 0 atom stereocenters. The van der Waals surface area contributed by atoms with Crippen molar-refractivity contribution in [2.45, 2.75) is 13.5 Å². The molecule has 94 valence electrons. The van der Waals surface area contributed by atoms with Crippen LogP contribution in [0.15, 0.2) is 36.5 Å². The highest BCUT2D eigenvalue weighted by molar-refractivity contribution is 5.53. The van der Waals surface area contributed by atoms with Gasteiger partial charge in [0.2, 0.25) is 5.88 Å². The molecule has 2 rings (SSSR count). The number of rotatable bonds is 4. The minimum Gasteiger partial charge on any atom is -0.508 e. The van der Waals surface area contributed by atoms with Crippen molar-refractivity contribution in [3.8, 4) is 11.6 Å². The van der Waals surface area contributed by atoms with Crippen LogP contribution in [-0.2, 0) is 6.54 Å². The number of phenols is 1. The lowest BCUT2D eigenvalue weighted by atomic mass is 10.1. The van der Waals surface area contributed by atoms with Gasteiger partial charge in [-0.25, -0.2) is 4.98 Å². The Kier molecular flexibility index (Phi) is 3.67. The van der Waals surface area contributed by atoms with Crippen LogP contribution in [0.25, 0.3) is 0 Å². The van der Waals surface area contributed by atoms with Crippen molar-refractivity contribution < 1.29 is 9.84 Å². The summed E-state index contributed by atoms with van der Waals surface area (Å²) < 4.78 is 5.15. The van der Waals surface area contributed by atoms with Crippen molar-refractivity contribution in [3.05, 3.63) is 47.7 Å². The first kappa shape index (κ1) is 12.2. The molecule has 1 aromatic heterocycles. The molecule has 2 N–H and O–H groups in total. The van der Waals surface area contributed by atoms with E-state index in [0.29, 0.717) is 12.4 Å². The molecule has 1 aromatic carbocycles. The van der Waals surface area contributed by atoms with Crippen molar-refractivity contribution in [3.63, 3.8) is 0 Å². The van der Waals surface area contributed by atoms with Gasteiger partial charge in [-0.2, -0.15) is 0 Å². The van der Waals surface area contributed by atoms with Crippen LogP contribution in [0.1, 0.15) is 11.1 Å². The molecular formula is C14H16N2O2. The van der Waals surface area contributed by atoms with E-state index in [2.05, 4.69) is 10.3 Å². The summed E-state index contributed by atoms with van der Waals surface area (Å²) in [5, 5.41) is 13.0. The molecule has 4 nitrogen and oxygen atoms in total. The van der Waals surface area contributed by atoms with Crippen LogP contribution in [0.3, 0.4) is 0 Å². The number of ether oxygens (including phenoxy) is 1. The van der Waals surface area contributed by atoms with E-state index in [4.69, 9.17) is 4.74 Å². The van der Waals surface area contributed by atoms with Gasteiger partial charge in [0.05, 0.1) is 12.8 Å². The minimum atomic E-state index is 0.288. The SMILES string of the molecule is COc1ncccc1NCc1cc(C)ccc1O. The molecule has 2 aromatic rings. The minimum absolute atomic E-state index is 0.288. The summed E-state index contributed by atoms with van der Waals surface area (Å²) in [4.78, 5) is 4.10. The van der Waals surface area contributed by atoms with Gasteiger partial charge in [0, 0.05) is 18.3 Å². The Morgan fingerprint density at radius 2 is 2.17 bits per heavy atom. The van der Waals surface area contributed by atoms with Gasteiger partial charge in [-0.1, -0.05) is 17.7 Å². The number of anilines is 1. The number of hydrogen-bond donors (Lipinski definition) is 2. The average molecular weight is 244 g/mol. The van der Waals surface area contributed by atoms with E-state index in [1.54, 1.807) is 19.4 Å². The number of nitrogens with one attached hydrogen (secondary N) is 1. The van der Waals surface area contributed by atoms with Gasteiger partial charge in [-0.05, 0) is 25.1 Å². The molecule has 1 heterocycles. The first-order chi connectivity index (χ1) is 8.70. The fraction of sp³-hybridized carbons (Fsp3) is 0.214. The third kappa shape index (κ3) is 2.71. The Morgan fingerprint density at radius 3 is 2.94 bits per heavy atom. The Balaban J connectivity index is 2.14. The van der Waals surface area contributed by atoms with Crippen molar-refractivity contribution >= 4 is 5.69 Å². The maximum Gasteiger partial charge on any atom is 0.237 e. The molecule has 4 heteroatoms. The van der Waals surface area contributed by atoms with Crippen LogP contribution in [0, 0.1) is 6.92 Å². The van der Waals surface area contributed by atoms with E-state index >= 15 is 0 Å². The number of aromatic nitrogens is 1. The smallest absolute Gasteiger partial charge is 0.237 e. The Labute approximate surface area is 106 Å². The Morgan fingerprint density at radius 1 is 1.33 bits per heavy atom. The van der Waals surface area contributed by atoms with Gasteiger partial charge >= 0.3 is 0 Å². The highest BCUT2D eigenvalue weighted by Gasteiger charge is 2.05. The van der Waals surface area contributed by atoms with Gasteiger partial charge in [0.25, 0.3) is 0 Å². The molecule has 18 heavy (non-hydrogen) atoms. The lowest BCUT2D eigenvalue weighted by molar-refractivity contribution is 0.399. The van der Waals surface area contributed by atoms with E-state index < -0.39 is 0 Å². The van der Waals surface area contributed by atoms with Gasteiger partial charge in [0.15, 0.2) is 0 Å². The first-order valence-corrected chi connectivity index (χ1v) is 5.72. The monoisotopic (exact) mass is 244 g/mol. The van der Waals surface area contributed by atoms with E-state index in [1.807, 2.05) is 31.2 Å². The molecule has 0 aliphatic heterocycles. The number of pyridine rings is 1. The topological polar surface area (TPSA) is 54.4 Å². The molecule has 0 spiro atoms. The predicted octanol–water partition coefficient (Wildman–Crippen LogP) is 2.72. The Bertz CT molecular complexity index is 541. The summed E-state index contributed by atoms with van der Waals surface area (Å²) in [5.74, 6) is 0.834. The number of aryl methyl sites for hydroxylation is 1. The van der Waals surface area contributed by atoms with Gasteiger partial charge in [-0.3, -0.25) is 0 Å². The molecular weight excluding hydrogens is 228 g/mol. The fourth-order valence-electron chi connectivity index (χ4n) is 1.73. The molecule has 0 saturated heterocycles. The van der Waals surface area contributed by atoms with Crippen LogP contribution in [0.4, 0.5) is 5.69 Å². The average Bonchev–Trinajstić information content (AvgIpc) is 2.40. The number of methoxy groups -OCH3 is 1. The van der Waals surface area contributed by atoms with Crippen LogP contribution in [0.2, 0.25) is 0 Å². The van der Waals surface area contributed by atoms with Crippen LogP contribution in [-0.4, -0.2) is 17.2 Å². The highest BCUT2D eigenvalue weighted by Crippen LogP contribution is 2.23. The number of benzene rings is 1. The molecule has 0 unspecified atom stereocenters. The third-order valence-corrected chi connectivity index (χ3v) is 2.67. The van der Waals surface area contributed by atoms with E-state index in [0.717, 1.165) is 16.8 Å². The highest BCUT2D eigenvalue weighted by atomic mass is 16.5. The lowest BCUT2D eigenvalue weighted by Crippen LogP contribution is -2.02. The van der Waals surface area contributed by atoms with Crippen molar-refractivity contribution in [2.75, 3.05) is 12.4 Å². The maximum atomic E-state index is 9.75. The second-order valence-corrected chi connectivity index (χ2v) is 4.05. The predicted molar refractivity (Wildman–Crippen MR) is 71.0 cm³/mol. The van der Waals surface area contributed by atoms with E-state index in [1.165, 1.54) is 0 Å². The zero-order valence-electron chi connectivity index (χ0n) is 10.5. The first-order valence-electron chi connectivity index (χ1n) is 5.72. The molecule has 0 aliphatic rings. The largest absolute Gasteiger partial charge is 0.508 e. The summed E-state index contributed by atoms with van der Waals surface area (Å²) in [7, 11) is 1.58. The quantitative estimate of drug-likeness (QED) is 0.868. The zero-order chi connectivity index (χ0) is 13.0. The molecule has 0 radical (unpaired) electrons. The third-order valence-electron chi connectivity index (χ3n) is 2.67. The molecule has 0 aliphatic carbocycles. The second-order valence-electron chi connectivity index (χ2n) is 4.05. The standard InChI is InChI=1S/C14H16N2O2/c1-10-5-6-13(17)11(8-10)9-16-12-4-3-7-15-14(12)18-2/h3-8,16-17H,9H2,1-2H3. The summed E-state index contributed by atoms with van der Waals surface area (Å²) in [5.41, 5.74) is 2.77. The van der Waals surface area contributed by atoms with Crippen molar-refractivity contribution in [1.82, 2.24) is 4.98 Å². The molecule has 0 amide bonds. The molecule has 0 fully saturated rings. The van der Waals surface area contributed by atoms with Crippen LogP contribution >= 0.6 is 0 Å². The van der Waals surface area contributed by atoms with Crippen molar-refractivity contribution in [1.29, 1.82) is 0 Å². The fourth-order valence-corrected chi connectivity index (χ4v) is 1.73. The summed E-state index contributed by atoms with van der Waals surface area (Å²) in [6, 6.07) is 9.25. The van der Waals surface area contributed by atoms with E-state index in [-0.39, 0.29) is 5.75 Å². The zero-order valence-corrected chi connectivity index (χ0v) is 10.5. The van der Waals surface area contributed by atoms with Crippen LogP contribution < -0.4 is 10.1 Å². The summed E-state index contributed by atoms with van der Waals surface area (Å²) >= 11 is 0. The number of nitrogens with zero attached hydrogens (tertiary/aromatic N) is 1. The molecule has 0 bridgehead atoms. The number of hydrogen-bond acceptors (Lipinski definition) is 4. The van der Waals surface area contributed by atoms with Gasteiger partial charge < -0.3 is 15.2 Å². The van der Waals surface area contributed by atoms with Crippen LogP contribution in [0.5, 0.6) is 11.6 Å². The second kappa shape index (κ2) is 5.40. The lowest BCUT2D eigenvalue weighted by Gasteiger charge is -2.11. The van der Waals surface area contributed by atoms with E-state index in [9.17, 15) is 5.11 Å². The summed E-state index contributed by atoms with van der Waals surface area (Å²) in [6.45, 7) is 2.52.